The van der Waals surface area contributed by atoms with Gasteiger partial charge in [0.2, 0.25) is 5.91 Å². The number of fused-ring (bicyclic) bond motifs is 6. The summed E-state index contributed by atoms with van der Waals surface area (Å²) in [6, 6.07) is 13.2. The summed E-state index contributed by atoms with van der Waals surface area (Å²) in [5, 5.41) is 7.51. The third-order valence-corrected chi connectivity index (χ3v) is 6.23. The Kier molecular flexibility index (Phi) is 4.52. The number of aromatic nitrogens is 1. The number of halogens is 1. The highest BCUT2D eigenvalue weighted by atomic mass is 79.9. The van der Waals surface area contributed by atoms with E-state index in [1.807, 2.05) is 42.5 Å². The fraction of sp³-hybridized carbons (Fsp3) is 0.217. The predicted molar refractivity (Wildman–Crippen MR) is 118 cm³/mol. The van der Waals surface area contributed by atoms with Gasteiger partial charge in [-0.15, -0.1) is 0 Å². The zero-order chi connectivity index (χ0) is 20.9. The molecule has 7 heteroatoms. The van der Waals surface area contributed by atoms with Crippen LogP contribution in [0.15, 0.2) is 59.1 Å². The molecule has 1 aromatic heterocycles. The Morgan fingerprint density at radius 1 is 1.27 bits per heavy atom. The highest BCUT2D eigenvalue weighted by Crippen LogP contribution is 2.44. The minimum atomic E-state index is -0.900. The van der Waals surface area contributed by atoms with Crippen LogP contribution in [0.1, 0.15) is 23.7 Å². The number of aromatic amines is 1. The van der Waals surface area contributed by atoms with Crippen LogP contribution in [-0.2, 0) is 26.3 Å². The van der Waals surface area contributed by atoms with Gasteiger partial charge in [-0.3, -0.25) is 14.9 Å². The Morgan fingerprint density at radius 2 is 2.10 bits per heavy atom. The molecule has 2 aromatic carbocycles. The van der Waals surface area contributed by atoms with Crippen LogP contribution in [-0.4, -0.2) is 29.5 Å². The fourth-order valence-electron chi connectivity index (χ4n) is 4.50. The maximum atomic E-state index is 12.8. The molecule has 0 radical (unpaired) electrons. The molecule has 6 nitrogen and oxygen atoms in total. The van der Waals surface area contributed by atoms with Crippen molar-refractivity contribution in [3.05, 3.63) is 75.9 Å². The van der Waals surface area contributed by atoms with Gasteiger partial charge in [-0.1, -0.05) is 34.1 Å². The number of H-pyrrole nitrogens is 1. The molecule has 0 unspecified atom stereocenters. The third kappa shape index (κ3) is 2.88. The number of hydrogen-bond acceptors (Lipinski definition) is 4. The Hall–Kier alpha value is -2.90. The first-order valence-electron chi connectivity index (χ1n) is 9.86. The number of anilines is 1. The molecule has 2 atom stereocenters. The van der Waals surface area contributed by atoms with Crippen molar-refractivity contribution in [2.24, 2.45) is 0 Å². The molecule has 0 saturated heterocycles. The van der Waals surface area contributed by atoms with Crippen LogP contribution in [0.3, 0.4) is 0 Å². The van der Waals surface area contributed by atoms with Crippen molar-refractivity contribution in [3.8, 4) is 0 Å². The number of amides is 1. The molecule has 0 fully saturated rings. The van der Waals surface area contributed by atoms with Crippen LogP contribution in [0, 0.1) is 0 Å². The number of carbonyl (C=O) groups excluding carboxylic acids is 2. The van der Waals surface area contributed by atoms with Crippen molar-refractivity contribution in [2.45, 2.75) is 24.9 Å². The number of carbonyl (C=O) groups is 2. The summed E-state index contributed by atoms with van der Waals surface area (Å²) in [6.07, 6.45) is 3.85. The van der Waals surface area contributed by atoms with Gasteiger partial charge in [-0.2, -0.15) is 0 Å². The lowest BCUT2D eigenvalue weighted by atomic mass is 9.78. The van der Waals surface area contributed by atoms with Crippen LogP contribution < -0.4 is 10.6 Å². The molecular formula is C23H20BrN3O3. The molecule has 5 rings (SSSR count). The smallest absolute Gasteiger partial charge is 0.323 e. The standard InChI is InChI=1S/C23H20BrN3O3/c1-2-30-22(29)19-12-15-14-5-3-4-6-17(14)26-21(15)23(27-19)10-9-20(28)25-18-8-7-13(24)11-16(18)23/h3-11,19,26-27H,2,12H2,1H3,(H,25,28)/t19-,23-/m0/s1. The number of ether oxygens (including phenoxy) is 1. The first kappa shape index (κ1) is 19.1. The lowest BCUT2D eigenvalue weighted by molar-refractivity contribution is -0.146. The van der Waals surface area contributed by atoms with Gasteiger partial charge in [0.15, 0.2) is 0 Å². The van der Waals surface area contributed by atoms with Crippen molar-refractivity contribution < 1.29 is 14.3 Å². The minimum Gasteiger partial charge on any atom is -0.465 e. The molecule has 2 aliphatic heterocycles. The summed E-state index contributed by atoms with van der Waals surface area (Å²) in [5.74, 6) is -0.519. The molecule has 3 N–H and O–H groups in total. The molecule has 1 spiro atoms. The van der Waals surface area contributed by atoms with E-state index >= 15 is 0 Å². The number of para-hydroxylation sites is 1. The highest BCUT2D eigenvalue weighted by Gasteiger charge is 2.46. The Bertz CT molecular complexity index is 1220. The number of hydrogen-bond donors (Lipinski definition) is 3. The molecule has 0 saturated carbocycles. The molecule has 3 heterocycles. The molecule has 152 valence electrons. The molecule has 3 aromatic rings. The largest absolute Gasteiger partial charge is 0.465 e. The van der Waals surface area contributed by atoms with Crippen LogP contribution in [0.2, 0.25) is 0 Å². The van der Waals surface area contributed by atoms with Crippen LogP contribution in [0.5, 0.6) is 0 Å². The SMILES string of the molecule is CCOC(=O)[C@@H]1Cc2c([nH]c3ccccc23)[C@@]2(C=CC(=O)Nc3ccc(Br)cc32)N1. The van der Waals surface area contributed by atoms with Gasteiger partial charge in [0, 0.05) is 44.8 Å². The van der Waals surface area contributed by atoms with E-state index in [1.54, 1.807) is 6.92 Å². The van der Waals surface area contributed by atoms with Gasteiger partial charge >= 0.3 is 5.97 Å². The summed E-state index contributed by atoms with van der Waals surface area (Å²) < 4.78 is 6.23. The lowest BCUT2D eigenvalue weighted by Crippen LogP contribution is -2.55. The predicted octanol–water partition coefficient (Wildman–Crippen LogP) is 3.76. The van der Waals surface area contributed by atoms with Crippen LogP contribution in [0.25, 0.3) is 10.9 Å². The lowest BCUT2D eigenvalue weighted by Gasteiger charge is -2.40. The molecule has 0 bridgehead atoms. The van der Waals surface area contributed by atoms with E-state index in [0.717, 1.165) is 32.2 Å². The average molecular weight is 466 g/mol. The van der Waals surface area contributed by atoms with Crippen molar-refractivity contribution in [1.29, 1.82) is 0 Å². The fourth-order valence-corrected chi connectivity index (χ4v) is 4.86. The molecule has 0 aliphatic carbocycles. The van der Waals surface area contributed by atoms with E-state index in [-0.39, 0.29) is 11.9 Å². The quantitative estimate of drug-likeness (QED) is 0.503. The van der Waals surface area contributed by atoms with Crippen LogP contribution in [0.4, 0.5) is 5.69 Å². The monoisotopic (exact) mass is 465 g/mol. The average Bonchev–Trinajstić information content (AvgIpc) is 3.06. The van der Waals surface area contributed by atoms with E-state index in [4.69, 9.17) is 4.74 Å². The maximum absolute atomic E-state index is 12.8. The summed E-state index contributed by atoms with van der Waals surface area (Å²) in [5.41, 5.74) is 3.60. The normalized spacial score (nSPS) is 22.3. The van der Waals surface area contributed by atoms with Gasteiger partial charge in [0.25, 0.3) is 0 Å². The summed E-state index contributed by atoms with van der Waals surface area (Å²) in [4.78, 5) is 28.8. The van der Waals surface area contributed by atoms with Crippen LogP contribution >= 0.6 is 15.9 Å². The Labute approximate surface area is 181 Å². The van der Waals surface area contributed by atoms with Crippen molar-refractivity contribution in [3.63, 3.8) is 0 Å². The first-order chi connectivity index (χ1) is 14.5. The first-order valence-corrected chi connectivity index (χ1v) is 10.7. The zero-order valence-corrected chi connectivity index (χ0v) is 17.9. The molecule has 2 aliphatic rings. The van der Waals surface area contributed by atoms with Crippen molar-refractivity contribution in [1.82, 2.24) is 10.3 Å². The van der Waals surface area contributed by atoms with Gasteiger partial charge < -0.3 is 15.0 Å². The van der Waals surface area contributed by atoms with Gasteiger partial charge in [-0.05, 0) is 42.8 Å². The topological polar surface area (TPSA) is 83.2 Å². The Morgan fingerprint density at radius 3 is 2.93 bits per heavy atom. The molecule has 30 heavy (non-hydrogen) atoms. The second kappa shape index (κ2) is 7.11. The number of rotatable bonds is 2. The van der Waals surface area contributed by atoms with Gasteiger partial charge in [0.05, 0.1) is 6.61 Å². The van der Waals surface area contributed by atoms with E-state index in [9.17, 15) is 9.59 Å². The van der Waals surface area contributed by atoms with E-state index in [2.05, 4.69) is 37.6 Å². The van der Waals surface area contributed by atoms with E-state index in [0.29, 0.717) is 18.7 Å². The summed E-state index contributed by atoms with van der Waals surface area (Å²) >= 11 is 3.56. The minimum absolute atomic E-state index is 0.215. The third-order valence-electron chi connectivity index (χ3n) is 5.74. The summed E-state index contributed by atoms with van der Waals surface area (Å²) in [6.45, 7) is 2.11. The number of benzene rings is 2. The van der Waals surface area contributed by atoms with Gasteiger partial charge in [-0.25, -0.2) is 0 Å². The second-order valence-electron chi connectivity index (χ2n) is 7.50. The zero-order valence-electron chi connectivity index (χ0n) is 16.3. The molecular weight excluding hydrogens is 446 g/mol. The van der Waals surface area contributed by atoms with Crippen molar-refractivity contribution >= 4 is 44.4 Å². The van der Waals surface area contributed by atoms with Crippen molar-refractivity contribution in [2.75, 3.05) is 11.9 Å². The number of esters is 1. The second-order valence-corrected chi connectivity index (χ2v) is 8.41. The van der Waals surface area contributed by atoms with Gasteiger partial charge in [0.1, 0.15) is 11.6 Å². The van der Waals surface area contributed by atoms with E-state index < -0.39 is 11.6 Å². The number of nitrogens with one attached hydrogen (secondary N) is 3. The highest BCUT2D eigenvalue weighted by molar-refractivity contribution is 9.10. The summed E-state index contributed by atoms with van der Waals surface area (Å²) in [7, 11) is 0. The van der Waals surface area contributed by atoms with E-state index in [1.165, 1.54) is 6.08 Å². The molecule has 1 amide bonds. The Balaban J connectivity index is 1.82. The maximum Gasteiger partial charge on any atom is 0.323 e.